The first-order chi connectivity index (χ1) is 6.28. The second-order valence-electron chi connectivity index (χ2n) is 4.18. The van der Waals surface area contributed by atoms with Crippen LogP contribution in [0, 0.1) is 23.7 Å². The molecule has 1 aliphatic carbocycles. The van der Waals surface area contributed by atoms with E-state index in [2.05, 4.69) is 39.2 Å². The maximum atomic E-state index is 3.94. The fourth-order valence-corrected chi connectivity index (χ4v) is 3.05. The predicted octanol–water partition coefficient (Wildman–Crippen LogP) is 4.05. The van der Waals surface area contributed by atoms with E-state index in [-0.39, 0.29) is 0 Å². The van der Waals surface area contributed by atoms with Gasteiger partial charge in [-0.15, -0.1) is 13.2 Å². The molecule has 0 saturated heterocycles. The van der Waals surface area contributed by atoms with Gasteiger partial charge in [0, 0.05) is 0 Å². The summed E-state index contributed by atoms with van der Waals surface area (Å²) in [6.45, 7) is 12.5. The molecule has 1 aliphatic rings. The van der Waals surface area contributed by atoms with Gasteiger partial charge in [0.15, 0.2) is 0 Å². The topological polar surface area (TPSA) is 0 Å². The van der Waals surface area contributed by atoms with Gasteiger partial charge in [-0.2, -0.15) is 0 Å². The Labute approximate surface area is 82.7 Å². The minimum Gasteiger partial charge on any atom is -0.103 e. The first kappa shape index (κ1) is 10.6. The summed E-state index contributed by atoms with van der Waals surface area (Å²) in [5.41, 5.74) is 0. The average molecular weight is 178 g/mol. The summed E-state index contributed by atoms with van der Waals surface area (Å²) >= 11 is 0. The highest BCUT2D eigenvalue weighted by Gasteiger charge is 2.37. The highest BCUT2D eigenvalue weighted by atomic mass is 14.4. The van der Waals surface area contributed by atoms with Crippen molar-refractivity contribution < 1.29 is 0 Å². The van der Waals surface area contributed by atoms with Gasteiger partial charge >= 0.3 is 0 Å². The highest BCUT2D eigenvalue weighted by molar-refractivity contribution is 5.01. The molecule has 4 atom stereocenters. The monoisotopic (exact) mass is 178 g/mol. The van der Waals surface area contributed by atoms with Gasteiger partial charge in [-0.1, -0.05) is 38.8 Å². The van der Waals surface area contributed by atoms with Gasteiger partial charge in [0.05, 0.1) is 0 Å². The lowest BCUT2D eigenvalue weighted by Crippen LogP contribution is -2.14. The number of rotatable bonds is 4. The fourth-order valence-electron chi connectivity index (χ4n) is 3.05. The molecule has 0 amide bonds. The minimum absolute atomic E-state index is 0.734. The van der Waals surface area contributed by atoms with Crippen molar-refractivity contribution in [3.05, 3.63) is 25.3 Å². The van der Waals surface area contributed by atoms with E-state index in [1.807, 2.05) is 0 Å². The van der Waals surface area contributed by atoms with E-state index in [1.54, 1.807) is 0 Å². The Balaban J connectivity index is 2.76. The molecule has 0 aliphatic heterocycles. The third kappa shape index (κ3) is 1.87. The van der Waals surface area contributed by atoms with Crippen LogP contribution >= 0.6 is 0 Å². The predicted molar refractivity (Wildman–Crippen MR) is 59.6 cm³/mol. The fraction of sp³-hybridized carbons (Fsp3) is 0.692. The second kappa shape index (κ2) is 4.64. The molecule has 0 aromatic rings. The van der Waals surface area contributed by atoms with Gasteiger partial charge < -0.3 is 0 Å². The smallest absolute Gasteiger partial charge is 0.0199 e. The zero-order valence-electron chi connectivity index (χ0n) is 9.00. The van der Waals surface area contributed by atoms with Crippen LogP contribution in [0.5, 0.6) is 0 Å². The first-order valence-corrected chi connectivity index (χ1v) is 5.53. The van der Waals surface area contributed by atoms with Gasteiger partial charge in [-0.3, -0.25) is 0 Å². The second-order valence-corrected chi connectivity index (χ2v) is 4.18. The van der Waals surface area contributed by atoms with Crippen LogP contribution in [0.1, 0.15) is 33.1 Å². The maximum Gasteiger partial charge on any atom is -0.0199 e. The number of hydrogen-bond acceptors (Lipinski definition) is 0. The van der Waals surface area contributed by atoms with Crippen LogP contribution in [0.15, 0.2) is 25.3 Å². The Morgan fingerprint density at radius 1 is 1.00 bits per heavy atom. The molecule has 0 N–H and O–H groups in total. The molecule has 0 heterocycles. The molecule has 74 valence electrons. The summed E-state index contributed by atoms with van der Waals surface area (Å²) in [5, 5.41) is 0. The van der Waals surface area contributed by atoms with Crippen LogP contribution in [0.3, 0.4) is 0 Å². The molecular weight excluding hydrogens is 156 g/mol. The van der Waals surface area contributed by atoms with Crippen molar-refractivity contribution >= 4 is 0 Å². The van der Waals surface area contributed by atoms with Gasteiger partial charge in [0.2, 0.25) is 0 Å². The number of allylic oxidation sites excluding steroid dienone is 2. The molecule has 0 aromatic heterocycles. The van der Waals surface area contributed by atoms with E-state index in [4.69, 9.17) is 0 Å². The van der Waals surface area contributed by atoms with Crippen LogP contribution in [-0.2, 0) is 0 Å². The molecule has 13 heavy (non-hydrogen) atoms. The Morgan fingerprint density at radius 2 is 1.38 bits per heavy atom. The zero-order chi connectivity index (χ0) is 9.84. The maximum absolute atomic E-state index is 3.94. The molecule has 4 unspecified atom stereocenters. The summed E-state index contributed by atoms with van der Waals surface area (Å²) in [4.78, 5) is 0. The van der Waals surface area contributed by atoms with E-state index in [0.29, 0.717) is 0 Å². The Kier molecular flexibility index (Phi) is 3.77. The average Bonchev–Trinajstić information content (AvgIpc) is 2.54. The standard InChI is InChI=1S/C13H22/c1-5-10-9-11(6-2)13(8-4)12(10)7-3/h5-6,10-13H,1-2,7-9H2,3-4H3. The molecule has 0 radical (unpaired) electrons. The van der Waals surface area contributed by atoms with Crippen molar-refractivity contribution in [2.24, 2.45) is 23.7 Å². The lowest BCUT2D eigenvalue weighted by Gasteiger charge is -2.22. The van der Waals surface area contributed by atoms with Crippen LogP contribution in [0.25, 0.3) is 0 Å². The highest BCUT2D eigenvalue weighted by Crippen LogP contribution is 2.45. The molecule has 0 heteroatoms. The van der Waals surface area contributed by atoms with Crippen LogP contribution < -0.4 is 0 Å². The van der Waals surface area contributed by atoms with Crippen LogP contribution in [0.2, 0.25) is 0 Å². The molecular formula is C13H22. The van der Waals surface area contributed by atoms with E-state index in [0.717, 1.165) is 23.7 Å². The summed E-state index contributed by atoms with van der Waals surface area (Å²) in [7, 11) is 0. The van der Waals surface area contributed by atoms with Crippen molar-refractivity contribution in [3.63, 3.8) is 0 Å². The normalized spacial score (nSPS) is 38.9. The summed E-state index contributed by atoms with van der Waals surface area (Å²) in [6, 6.07) is 0. The van der Waals surface area contributed by atoms with Gasteiger partial charge in [0.1, 0.15) is 0 Å². The van der Waals surface area contributed by atoms with Crippen molar-refractivity contribution in [2.45, 2.75) is 33.1 Å². The zero-order valence-corrected chi connectivity index (χ0v) is 9.00. The lowest BCUT2D eigenvalue weighted by molar-refractivity contribution is 0.306. The molecule has 0 nitrogen and oxygen atoms in total. The van der Waals surface area contributed by atoms with E-state index < -0.39 is 0 Å². The molecule has 0 spiro atoms. The van der Waals surface area contributed by atoms with Crippen molar-refractivity contribution in [3.8, 4) is 0 Å². The Morgan fingerprint density at radius 3 is 1.62 bits per heavy atom. The third-order valence-corrected chi connectivity index (χ3v) is 3.74. The summed E-state index contributed by atoms with van der Waals surface area (Å²) in [5.74, 6) is 3.17. The molecule has 1 rings (SSSR count). The quantitative estimate of drug-likeness (QED) is 0.570. The van der Waals surface area contributed by atoms with E-state index in [9.17, 15) is 0 Å². The van der Waals surface area contributed by atoms with Gasteiger partial charge in [-0.05, 0) is 30.1 Å². The van der Waals surface area contributed by atoms with E-state index in [1.165, 1.54) is 19.3 Å². The Hall–Kier alpha value is -0.520. The Bertz CT molecular complexity index is 160. The van der Waals surface area contributed by atoms with Gasteiger partial charge in [-0.25, -0.2) is 0 Å². The van der Waals surface area contributed by atoms with Gasteiger partial charge in [0.25, 0.3) is 0 Å². The minimum atomic E-state index is 0.734. The van der Waals surface area contributed by atoms with Crippen molar-refractivity contribution in [1.29, 1.82) is 0 Å². The van der Waals surface area contributed by atoms with Crippen LogP contribution in [-0.4, -0.2) is 0 Å². The van der Waals surface area contributed by atoms with E-state index >= 15 is 0 Å². The first-order valence-electron chi connectivity index (χ1n) is 5.53. The van der Waals surface area contributed by atoms with Crippen molar-refractivity contribution in [1.82, 2.24) is 0 Å². The molecule has 1 saturated carbocycles. The van der Waals surface area contributed by atoms with Crippen molar-refractivity contribution in [2.75, 3.05) is 0 Å². The molecule has 0 aromatic carbocycles. The summed E-state index contributed by atoms with van der Waals surface area (Å²) < 4.78 is 0. The number of hydrogen-bond donors (Lipinski definition) is 0. The largest absolute Gasteiger partial charge is 0.103 e. The molecule has 1 fully saturated rings. The lowest BCUT2D eigenvalue weighted by atomic mass is 9.83. The summed E-state index contributed by atoms with van der Waals surface area (Å²) in [6.07, 6.45) is 8.17. The van der Waals surface area contributed by atoms with Crippen LogP contribution in [0.4, 0.5) is 0 Å². The molecule has 0 bridgehead atoms. The SMILES string of the molecule is C=CC1CC(C=C)C(CC)C1CC. The third-order valence-electron chi connectivity index (χ3n) is 3.74.